The minimum atomic E-state index is 0.0163. The van der Waals surface area contributed by atoms with Crippen LogP contribution in [0.4, 0.5) is 11.6 Å². The quantitative estimate of drug-likeness (QED) is 0.172. The number of hydrogen-bond acceptors (Lipinski definition) is 11. The van der Waals surface area contributed by atoms with Crippen molar-refractivity contribution in [1.29, 1.82) is 0 Å². The molecule has 0 bridgehead atoms. The van der Waals surface area contributed by atoms with Gasteiger partial charge in [-0.25, -0.2) is 15.0 Å². The lowest BCUT2D eigenvalue weighted by Crippen LogP contribution is -2.50. The Morgan fingerprint density at radius 1 is 1.07 bits per heavy atom. The third-order valence-electron chi connectivity index (χ3n) is 7.42. The number of piperidine rings is 1. The maximum Gasteiger partial charge on any atom is 0.265 e. The van der Waals surface area contributed by atoms with Gasteiger partial charge in [0.05, 0.1) is 17.0 Å². The second-order valence-corrected chi connectivity index (χ2v) is 10.3. The van der Waals surface area contributed by atoms with E-state index in [4.69, 9.17) is 20.9 Å². The van der Waals surface area contributed by atoms with Crippen molar-refractivity contribution in [2.24, 2.45) is 10.2 Å². The highest BCUT2D eigenvalue weighted by molar-refractivity contribution is 5.98. The number of amides is 1. The molecule has 0 spiro atoms. The molecular weight excluding hydrogens is 534 g/mol. The fourth-order valence-electron chi connectivity index (χ4n) is 5.11. The summed E-state index contributed by atoms with van der Waals surface area (Å²) < 4.78 is 9.98. The van der Waals surface area contributed by atoms with Crippen molar-refractivity contribution in [2.45, 2.75) is 85.7 Å². The number of nitrogens with zero attached hydrogens (tertiary/aromatic N) is 7. The summed E-state index contributed by atoms with van der Waals surface area (Å²) in [6.45, 7) is 18.4. The van der Waals surface area contributed by atoms with Gasteiger partial charge in [-0.3, -0.25) is 9.69 Å². The van der Waals surface area contributed by atoms with Crippen LogP contribution in [0.5, 0.6) is 0 Å². The SMILES string of the molecule is C=N/N=C(\OCOC)c1nc(C)c(C)nc1N.CCCN(C(CC)CC)C1CCN(C(=O)c2ccc(C)nc2N)CC1. The largest absolute Gasteiger partial charge is 0.448 e. The van der Waals surface area contributed by atoms with Crippen molar-refractivity contribution in [3.8, 4) is 0 Å². The van der Waals surface area contributed by atoms with Gasteiger partial charge in [-0.2, -0.15) is 5.10 Å². The molecule has 232 valence electrons. The van der Waals surface area contributed by atoms with Crippen LogP contribution in [-0.4, -0.2) is 88.9 Å². The predicted molar refractivity (Wildman–Crippen MR) is 169 cm³/mol. The number of carbonyl (C=O) groups is 1. The first-order valence-electron chi connectivity index (χ1n) is 14.7. The van der Waals surface area contributed by atoms with E-state index in [-0.39, 0.29) is 24.4 Å². The fourth-order valence-corrected chi connectivity index (χ4v) is 5.11. The summed E-state index contributed by atoms with van der Waals surface area (Å²) in [4.78, 5) is 30.0. The van der Waals surface area contributed by atoms with Gasteiger partial charge in [-0.15, -0.1) is 5.10 Å². The van der Waals surface area contributed by atoms with Gasteiger partial charge in [0, 0.05) is 44.7 Å². The molecule has 1 fully saturated rings. The standard InChI is InChI=1S/C20H34N4O.C10H15N5O2/c1-5-12-24(16(6-2)7-3)17-10-13-23(14-11-17)20(25)18-9-8-15(4)22-19(18)21;1-6-7(2)14-9(11)8(13-6)10(15-12-3)17-5-16-4/h8-9,16-17H,5-7,10-14H2,1-4H3,(H2,21,22);3,5H2,1-2,4H3,(H2,11,14)/b;15-10-. The number of nitrogen functional groups attached to an aromatic ring is 2. The minimum Gasteiger partial charge on any atom is -0.448 e. The Kier molecular flexibility index (Phi) is 14.3. The number of aromatic nitrogens is 3. The summed E-state index contributed by atoms with van der Waals surface area (Å²) in [5.74, 6) is 0.728. The Hall–Kier alpha value is -3.64. The zero-order chi connectivity index (χ0) is 31.2. The lowest BCUT2D eigenvalue weighted by atomic mass is 9.98. The Morgan fingerprint density at radius 3 is 2.26 bits per heavy atom. The third kappa shape index (κ3) is 9.45. The molecule has 0 atom stereocenters. The van der Waals surface area contributed by atoms with E-state index in [2.05, 4.69) is 57.5 Å². The van der Waals surface area contributed by atoms with Crippen molar-refractivity contribution >= 4 is 30.2 Å². The van der Waals surface area contributed by atoms with E-state index < -0.39 is 0 Å². The Morgan fingerprint density at radius 2 is 1.71 bits per heavy atom. The number of aryl methyl sites for hydroxylation is 3. The highest BCUT2D eigenvalue weighted by Crippen LogP contribution is 2.24. The molecule has 0 radical (unpaired) electrons. The molecule has 0 saturated carbocycles. The molecule has 0 unspecified atom stereocenters. The molecule has 12 nitrogen and oxygen atoms in total. The number of nitrogens with two attached hydrogens (primary N) is 2. The molecule has 2 aromatic heterocycles. The summed E-state index contributed by atoms with van der Waals surface area (Å²) in [6.07, 6.45) is 5.66. The Bertz CT molecular complexity index is 1190. The number of hydrogen-bond donors (Lipinski definition) is 2. The summed E-state index contributed by atoms with van der Waals surface area (Å²) in [5.41, 5.74) is 14.9. The van der Waals surface area contributed by atoms with Gasteiger partial charge in [0.15, 0.2) is 18.3 Å². The van der Waals surface area contributed by atoms with Crippen LogP contribution in [0.15, 0.2) is 22.3 Å². The van der Waals surface area contributed by atoms with Crippen molar-refractivity contribution in [1.82, 2.24) is 24.8 Å². The second-order valence-electron chi connectivity index (χ2n) is 10.3. The monoisotopic (exact) mass is 583 g/mol. The van der Waals surface area contributed by atoms with Gasteiger partial charge in [-0.1, -0.05) is 20.8 Å². The highest BCUT2D eigenvalue weighted by Gasteiger charge is 2.30. The Labute approximate surface area is 250 Å². The number of anilines is 2. The first-order valence-corrected chi connectivity index (χ1v) is 14.7. The third-order valence-corrected chi connectivity index (χ3v) is 7.42. The molecule has 4 N–H and O–H groups in total. The van der Waals surface area contributed by atoms with E-state index in [1.807, 2.05) is 31.7 Å². The van der Waals surface area contributed by atoms with Gasteiger partial charge in [0.2, 0.25) is 0 Å². The smallest absolute Gasteiger partial charge is 0.265 e. The van der Waals surface area contributed by atoms with Crippen LogP contribution in [0, 0.1) is 20.8 Å². The zero-order valence-electron chi connectivity index (χ0n) is 26.4. The molecule has 3 heterocycles. The first-order chi connectivity index (χ1) is 20.1. The van der Waals surface area contributed by atoms with Crippen molar-refractivity contribution in [3.05, 3.63) is 40.5 Å². The summed E-state index contributed by atoms with van der Waals surface area (Å²) in [7, 11) is 1.49. The first kappa shape index (κ1) is 34.6. The minimum absolute atomic E-state index is 0.0163. The molecule has 2 aromatic rings. The molecule has 1 aliphatic rings. The molecule has 3 rings (SSSR count). The van der Waals surface area contributed by atoms with Gasteiger partial charge in [0.1, 0.15) is 5.82 Å². The number of methoxy groups -OCH3 is 1. The second kappa shape index (κ2) is 17.3. The molecule has 0 aliphatic carbocycles. The average Bonchev–Trinajstić information content (AvgIpc) is 2.97. The highest BCUT2D eigenvalue weighted by atomic mass is 16.7. The van der Waals surface area contributed by atoms with E-state index in [0.717, 1.165) is 49.6 Å². The fraction of sp³-hybridized carbons (Fsp3) is 0.600. The number of ether oxygens (including phenoxy) is 2. The van der Waals surface area contributed by atoms with Crippen LogP contribution in [-0.2, 0) is 9.47 Å². The molecular formula is C30H49N9O3. The lowest BCUT2D eigenvalue weighted by molar-refractivity contribution is 0.0425. The average molecular weight is 584 g/mol. The van der Waals surface area contributed by atoms with Crippen LogP contribution >= 0.6 is 0 Å². The molecule has 42 heavy (non-hydrogen) atoms. The number of carbonyl (C=O) groups excluding carboxylic acids is 1. The van der Waals surface area contributed by atoms with Crippen molar-refractivity contribution < 1.29 is 14.3 Å². The van der Waals surface area contributed by atoms with Crippen LogP contribution in [0.25, 0.3) is 0 Å². The van der Waals surface area contributed by atoms with E-state index >= 15 is 0 Å². The normalized spacial score (nSPS) is 14.1. The topological polar surface area (TPSA) is 157 Å². The molecule has 12 heteroatoms. The molecule has 0 aromatic carbocycles. The summed E-state index contributed by atoms with van der Waals surface area (Å²) >= 11 is 0. The van der Waals surface area contributed by atoms with Gasteiger partial charge in [-0.05, 0) is 71.6 Å². The van der Waals surface area contributed by atoms with E-state index in [0.29, 0.717) is 29.2 Å². The maximum absolute atomic E-state index is 12.8. The van der Waals surface area contributed by atoms with Gasteiger partial charge >= 0.3 is 0 Å². The van der Waals surface area contributed by atoms with Crippen LogP contribution < -0.4 is 11.5 Å². The number of pyridine rings is 1. The number of likely N-dealkylation sites (tertiary alicyclic amines) is 1. The van der Waals surface area contributed by atoms with Crippen molar-refractivity contribution in [3.63, 3.8) is 0 Å². The lowest BCUT2D eigenvalue weighted by Gasteiger charge is -2.42. The molecule has 1 aliphatic heterocycles. The molecule has 1 amide bonds. The predicted octanol–water partition coefficient (Wildman–Crippen LogP) is 4.14. The zero-order valence-corrected chi connectivity index (χ0v) is 26.4. The van der Waals surface area contributed by atoms with Crippen LogP contribution in [0.1, 0.15) is 86.0 Å². The van der Waals surface area contributed by atoms with Gasteiger partial charge < -0.3 is 25.8 Å². The van der Waals surface area contributed by atoms with Crippen LogP contribution in [0.2, 0.25) is 0 Å². The van der Waals surface area contributed by atoms with E-state index in [1.165, 1.54) is 26.4 Å². The summed E-state index contributed by atoms with van der Waals surface area (Å²) in [5, 5.41) is 7.10. The maximum atomic E-state index is 12.8. The van der Waals surface area contributed by atoms with Gasteiger partial charge in [0.25, 0.3) is 11.8 Å². The Balaban J connectivity index is 0.000000317. The number of rotatable bonds is 11. The van der Waals surface area contributed by atoms with E-state index in [1.54, 1.807) is 6.07 Å². The summed E-state index contributed by atoms with van der Waals surface area (Å²) in [6, 6.07) is 4.90. The van der Waals surface area contributed by atoms with E-state index in [9.17, 15) is 4.79 Å². The van der Waals surface area contributed by atoms with Crippen LogP contribution in [0.3, 0.4) is 0 Å². The molecule has 1 saturated heterocycles. The van der Waals surface area contributed by atoms with Crippen molar-refractivity contribution in [2.75, 3.05) is 45.0 Å².